The number of ketones is 1. The van der Waals surface area contributed by atoms with Gasteiger partial charge in [0.25, 0.3) is 0 Å². The van der Waals surface area contributed by atoms with E-state index < -0.39 is 0 Å². The number of methoxy groups -OCH3 is 1. The second kappa shape index (κ2) is 5.94. The lowest BCUT2D eigenvalue weighted by molar-refractivity contribution is 0.101. The van der Waals surface area contributed by atoms with Crippen molar-refractivity contribution < 1.29 is 9.53 Å². The summed E-state index contributed by atoms with van der Waals surface area (Å²) in [4.78, 5) is 11.9. The van der Waals surface area contributed by atoms with Crippen molar-refractivity contribution in [1.82, 2.24) is 0 Å². The first kappa shape index (κ1) is 13.1. The van der Waals surface area contributed by atoms with E-state index in [0.717, 1.165) is 0 Å². The van der Waals surface area contributed by atoms with Crippen molar-refractivity contribution in [3.05, 3.63) is 29.3 Å². The van der Waals surface area contributed by atoms with Crippen LogP contribution >= 0.6 is 11.8 Å². The van der Waals surface area contributed by atoms with Crippen molar-refractivity contribution in [3.63, 3.8) is 0 Å². The fraction of sp³-hybridized carbons (Fsp3) is 0.462. The molecule has 0 spiro atoms. The van der Waals surface area contributed by atoms with Gasteiger partial charge in [0.05, 0.1) is 18.4 Å². The predicted octanol–water partition coefficient (Wildman–Crippen LogP) is 3.36. The lowest BCUT2D eigenvalue weighted by Gasteiger charge is -2.11. The molecule has 1 aromatic rings. The zero-order valence-corrected chi connectivity index (χ0v) is 11.1. The summed E-state index contributed by atoms with van der Waals surface area (Å²) < 4.78 is 5.22. The molecule has 1 rings (SSSR count). The van der Waals surface area contributed by atoms with Crippen LogP contribution in [0.25, 0.3) is 0 Å². The monoisotopic (exact) mass is 238 g/mol. The van der Waals surface area contributed by atoms with Crippen LogP contribution in [0.1, 0.15) is 35.7 Å². The number of carbonyl (C=O) groups is 1. The van der Waals surface area contributed by atoms with Gasteiger partial charge in [-0.3, -0.25) is 4.79 Å². The third-order valence-corrected chi connectivity index (χ3v) is 3.02. The Balaban J connectivity index is 3.11. The SMILES string of the molecule is COc1ccc(C(C)C)cc1C(=O)CSC. The van der Waals surface area contributed by atoms with Crippen molar-refractivity contribution in [3.8, 4) is 5.75 Å². The molecule has 88 valence electrons. The molecule has 3 heteroatoms. The second-order valence-electron chi connectivity index (χ2n) is 3.97. The Morgan fingerprint density at radius 2 is 2.12 bits per heavy atom. The first-order chi connectivity index (χ1) is 7.60. The highest BCUT2D eigenvalue weighted by molar-refractivity contribution is 7.99. The van der Waals surface area contributed by atoms with E-state index in [1.807, 2.05) is 24.5 Å². The smallest absolute Gasteiger partial charge is 0.176 e. The molecule has 0 fully saturated rings. The Morgan fingerprint density at radius 3 is 2.62 bits per heavy atom. The largest absolute Gasteiger partial charge is 0.496 e. The summed E-state index contributed by atoms with van der Waals surface area (Å²) in [6.45, 7) is 4.23. The first-order valence-electron chi connectivity index (χ1n) is 5.30. The molecule has 0 aliphatic carbocycles. The van der Waals surface area contributed by atoms with Crippen LogP contribution in [0, 0.1) is 0 Å². The fourth-order valence-electron chi connectivity index (χ4n) is 1.51. The van der Waals surface area contributed by atoms with Gasteiger partial charge in [-0.2, -0.15) is 11.8 Å². The van der Waals surface area contributed by atoms with Gasteiger partial charge in [-0.15, -0.1) is 0 Å². The number of rotatable bonds is 5. The summed E-state index contributed by atoms with van der Waals surface area (Å²) in [5.41, 5.74) is 1.87. The maximum Gasteiger partial charge on any atom is 0.176 e. The highest BCUT2D eigenvalue weighted by atomic mass is 32.2. The molecule has 0 saturated heterocycles. The van der Waals surface area contributed by atoms with Gasteiger partial charge in [-0.25, -0.2) is 0 Å². The molecule has 0 bridgehead atoms. The zero-order chi connectivity index (χ0) is 12.1. The minimum Gasteiger partial charge on any atom is -0.496 e. The summed E-state index contributed by atoms with van der Waals surface area (Å²) >= 11 is 1.53. The number of hydrogen-bond donors (Lipinski definition) is 0. The van der Waals surface area contributed by atoms with Crippen LogP contribution < -0.4 is 4.74 Å². The summed E-state index contributed by atoms with van der Waals surface area (Å²) in [6, 6.07) is 5.84. The molecule has 0 radical (unpaired) electrons. The molecular formula is C13H18O2S. The van der Waals surface area contributed by atoms with E-state index in [0.29, 0.717) is 23.0 Å². The van der Waals surface area contributed by atoms with E-state index in [4.69, 9.17) is 4.74 Å². The van der Waals surface area contributed by atoms with Gasteiger partial charge >= 0.3 is 0 Å². The first-order valence-corrected chi connectivity index (χ1v) is 6.69. The minimum absolute atomic E-state index is 0.131. The maximum absolute atomic E-state index is 11.9. The molecule has 0 atom stereocenters. The summed E-state index contributed by atoms with van der Waals surface area (Å²) in [6.07, 6.45) is 1.93. The van der Waals surface area contributed by atoms with E-state index in [1.165, 1.54) is 17.3 Å². The molecule has 0 N–H and O–H groups in total. The standard InChI is InChI=1S/C13H18O2S/c1-9(2)10-5-6-13(15-3)11(7-10)12(14)8-16-4/h5-7,9H,8H2,1-4H3. The average Bonchev–Trinajstić information content (AvgIpc) is 2.28. The Labute approximate surface area is 101 Å². The number of Topliss-reactive ketones (excluding diaryl/α,β-unsaturated/α-hetero) is 1. The van der Waals surface area contributed by atoms with E-state index in [1.54, 1.807) is 7.11 Å². The molecule has 1 aromatic carbocycles. The summed E-state index contributed by atoms with van der Waals surface area (Å²) in [7, 11) is 1.60. The van der Waals surface area contributed by atoms with Crippen LogP contribution in [0.2, 0.25) is 0 Å². The highest BCUT2D eigenvalue weighted by Crippen LogP contribution is 2.25. The molecule has 2 nitrogen and oxygen atoms in total. The summed E-state index contributed by atoms with van der Waals surface area (Å²) in [5.74, 6) is 1.72. The topological polar surface area (TPSA) is 26.3 Å². The Bertz CT molecular complexity index is 372. The van der Waals surface area contributed by atoms with E-state index in [-0.39, 0.29) is 5.78 Å². The van der Waals surface area contributed by atoms with Crippen LogP contribution in [0.15, 0.2) is 18.2 Å². The molecule has 0 heterocycles. The molecule has 0 unspecified atom stereocenters. The molecular weight excluding hydrogens is 220 g/mol. The summed E-state index contributed by atoms with van der Waals surface area (Å²) in [5, 5.41) is 0. The van der Waals surface area contributed by atoms with E-state index in [2.05, 4.69) is 13.8 Å². The average molecular weight is 238 g/mol. The zero-order valence-electron chi connectivity index (χ0n) is 10.2. The second-order valence-corrected chi connectivity index (χ2v) is 4.84. The van der Waals surface area contributed by atoms with Gasteiger partial charge in [-0.05, 0) is 29.9 Å². The molecule has 0 aliphatic rings. The third-order valence-electron chi connectivity index (χ3n) is 2.47. The highest BCUT2D eigenvalue weighted by Gasteiger charge is 2.13. The van der Waals surface area contributed by atoms with Crippen molar-refractivity contribution >= 4 is 17.5 Å². The lowest BCUT2D eigenvalue weighted by Crippen LogP contribution is -2.06. The van der Waals surface area contributed by atoms with Crippen molar-refractivity contribution in [2.45, 2.75) is 19.8 Å². The van der Waals surface area contributed by atoms with Crippen LogP contribution in [0.3, 0.4) is 0 Å². The number of carbonyl (C=O) groups excluding carboxylic acids is 1. The number of thioether (sulfide) groups is 1. The predicted molar refractivity (Wildman–Crippen MR) is 69.8 cm³/mol. The van der Waals surface area contributed by atoms with Crippen LogP contribution in [-0.2, 0) is 0 Å². The lowest BCUT2D eigenvalue weighted by atomic mass is 9.99. The molecule has 0 saturated carbocycles. The quantitative estimate of drug-likeness (QED) is 0.736. The molecule has 0 amide bonds. The van der Waals surface area contributed by atoms with Crippen LogP contribution in [0.4, 0.5) is 0 Å². The van der Waals surface area contributed by atoms with Gasteiger partial charge in [0.15, 0.2) is 5.78 Å². The van der Waals surface area contributed by atoms with Crippen LogP contribution in [0.5, 0.6) is 5.75 Å². The van der Waals surface area contributed by atoms with Gasteiger partial charge in [0.1, 0.15) is 5.75 Å². The van der Waals surface area contributed by atoms with Crippen molar-refractivity contribution in [2.24, 2.45) is 0 Å². The maximum atomic E-state index is 11.9. The third kappa shape index (κ3) is 3.01. The number of hydrogen-bond acceptors (Lipinski definition) is 3. The van der Waals surface area contributed by atoms with Gasteiger partial charge in [0.2, 0.25) is 0 Å². The Kier molecular flexibility index (Phi) is 4.87. The Morgan fingerprint density at radius 1 is 1.44 bits per heavy atom. The van der Waals surface area contributed by atoms with E-state index >= 15 is 0 Å². The normalized spacial score (nSPS) is 10.6. The number of benzene rings is 1. The van der Waals surface area contributed by atoms with Gasteiger partial charge in [-0.1, -0.05) is 19.9 Å². The van der Waals surface area contributed by atoms with Crippen LogP contribution in [-0.4, -0.2) is 24.9 Å². The van der Waals surface area contributed by atoms with Crippen molar-refractivity contribution in [1.29, 1.82) is 0 Å². The fourth-order valence-corrected chi connectivity index (χ4v) is 1.93. The molecule has 16 heavy (non-hydrogen) atoms. The number of ether oxygens (including phenoxy) is 1. The van der Waals surface area contributed by atoms with Gasteiger partial charge in [0, 0.05) is 0 Å². The molecule has 0 aromatic heterocycles. The van der Waals surface area contributed by atoms with E-state index in [9.17, 15) is 4.79 Å². The van der Waals surface area contributed by atoms with Gasteiger partial charge < -0.3 is 4.74 Å². The minimum atomic E-state index is 0.131. The van der Waals surface area contributed by atoms with Crippen molar-refractivity contribution in [2.75, 3.05) is 19.1 Å². The Hall–Kier alpha value is -0.960. The molecule has 0 aliphatic heterocycles.